The van der Waals surface area contributed by atoms with E-state index >= 15 is 0 Å². The first kappa shape index (κ1) is 15.7. The van der Waals surface area contributed by atoms with Crippen LogP contribution in [-0.2, 0) is 4.79 Å². The van der Waals surface area contributed by atoms with Crippen LogP contribution in [0.1, 0.15) is 31.4 Å². The van der Waals surface area contributed by atoms with Crippen LogP contribution in [-0.4, -0.2) is 18.5 Å². The van der Waals surface area contributed by atoms with Crippen molar-refractivity contribution in [3.05, 3.63) is 59.9 Å². The molecule has 2 N–H and O–H groups in total. The lowest BCUT2D eigenvalue weighted by Gasteiger charge is -2.15. The van der Waals surface area contributed by atoms with E-state index in [1.54, 1.807) is 12.1 Å². The normalized spacial score (nSPS) is 20.4. The fraction of sp³-hybridized carbons (Fsp3) is 0.316. The van der Waals surface area contributed by atoms with Crippen molar-refractivity contribution in [2.24, 2.45) is 0 Å². The molecule has 1 heterocycles. The maximum absolute atomic E-state index is 14.0. The third kappa shape index (κ3) is 3.42. The number of carbonyl (C=O) groups excluding carboxylic acids is 1. The number of rotatable bonds is 4. The van der Waals surface area contributed by atoms with Gasteiger partial charge in [-0.2, -0.15) is 0 Å². The number of hydrogen-bond donors (Lipinski definition) is 2. The van der Waals surface area contributed by atoms with Gasteiger partial charge in [-0.05, 0) is 43.0 Å². The van der Waals surface area contributed by atoms with Crippen molar-refractivity contribution in [3.8, 4) is 11.1 Å². The number of halogens is 1. The lowest BCUT2D eigenvalue weighted by Crippen LogP contribution is -2.40. The molecule has 3 nitrogen and oxygen atoms in total. The topological polar surface area (TPSA) is 41.1 Å². The average molecular weight is 312 g/mol. The predicted octanol–water partition coefficient (Wildman–Crippen LogP) is 3.42. The first-order valence-electron chi connectivity index (χ1n) is 8.07. The van der Waals surface area contributed by atoms with Gasteiger partial charge in [-0.15, -0.1) is 0 Å². The fourth-order valence-corrected chi connectivity index (χ4v) is 3.13. The Hall–Kier alpha value is -2.20. The second kappa shape index (κ2) is 6.92. The molecular formula is C19H21FN2O. The number of nitrogens with one attached hydrogen (secondary N) is 2. The van der Waals surface area contributed by atoms with Crippen molar-refractivity contribution in [1.82, 2.24) is 10.6 Å². The molecule has 1 amide bonds. The molecule has 0 aliphatic carbocycles. The van der Waals surface area contributed by atoms with Gasteiger partial charge in [0.25, 0.3) is 0 Å². The Labute approximate surface area is 135 Å². The molecule has 0 saturated carbocycles. The lowest BCUT2D eigenvalue weighted by atomic mass is 9.98. The van der Waals surface area contributed by atoms with Gasteiger partial charge < -0.3 is 5.32 Å². The number of benzene rings is 2. The van der Waals surface area contributed by atoms with Crippen molar-refractivity contribution < 1.29 is 9.18 Å². The summed E-state index contributed by atoms with van der Waals surface area (Å²) in [6, 6.07) is 14.7. The highest BCUT2D eigenvalue weighted by atomic mass is 19.1. The van der Waals surface area contributed by atoms with Gasteiger partial charge in [-0.3, -0.25) is 10.1 Å². The van der Waals surface area contributed by atoms with Crippen LogP contribution in [0.4, 0.5) is 4.39 Å². The minimum Gasteiger partial charge on any atom is -0.355 e. The maximum Gasteiger partial charge on any atom is 0.237 e. The summed E-state index contributed by atoms with van der Waals surface area (Å²) in [5, 5.41) is 6.23. The Kier molecular flexibility index (Phi) is 4.72. The van der Waals surface area contributed by atoms with Crippen LogP contribution < -0.4 is 10.6 Å². The molecule has 2 aromatic carbocycles. The van der Waals surface area contributed by atoms with E-state index in [1.165, 1.54) is 6.07 Å². The molecule has 2 atom stereocenters. The summed E-state index contributed by atoms with van der Waals surface area (Å²) in [4.78, 5) is 11.9. The zero-order valence-corrected chi connectivity index (χ0v) is 13.2. The molecular weight excluding hydrogens is 291 g/mol. The summed E-state index contributed by atoms with van der Waals surface area (Å²) < 4.78 is 14.0. The molecule has 0 radical (unpaired) electrons. The Morgan fingerprint density at radius 1 is 1.22 bits per heavy atom. The van der Waals surface area contributed by atoms with Crippen LogP contribution in [0.2, 0.25) is 0 Å². The highest BCUT2D eigenvalue weighted by Gasteiger charge is 2.29. The van der Waals surface area contributed by atoms with E-state index in [0.717, 1.165) is 24.0 Å². The van der Waals surface area contributed by atoms with Crippen LogP contribution in [0.15, 0.2) is 48.5 Å². The van der Waals surface area contributed by atoms with Crippen LogP contribution in [0.25, 0.3) is 11.1 Å². The van der Waals surface area contributed by atoms with Crippen molar-refractivity contribution in [2.75, 3.05) is 6.54 Å². The SMILES string of the molecule is CCNC(=O)C1CCC(c2cccc(-c3ccccc3F)c2)N1. The highest BCUT2D eigenvalue weighted by Crippen LogP contribution is 2.30. The minimum atomic E-state index is -0.218. The van der Waals surface area contributed by atoms with Gasteiger partial charge in [0.1, 0.15) is 5.82 Å². The van der Waals surface area contributed by atoms with Crippen molar-refractivity contribution >= 4 is 5.91 Å². The number of amides is 1. The van der Waals surface area contributed by atoms with Gasteiger partial charge in [0, 0.05) is 18.2 Å². The van der Waals surface area contributed by atoms with Crippen molar-refractivity contribution in [1.29, 1.82) is 0 Å². The van der Waals surface area contributed by atoms with Crippen LogP contribution in [0.5, 0.6) is 0 Å². The van der Waals surface area contributed by atoms with E-state index < -0.39 is 0 Å². The smallest absolute Gasteiger partial charge is 0.237 e. The van der Waals surface area contributed by atoms with Gasteiger partial charge in [-0.25, -0.2) is 4.39 Å². The zero-order chi connectivity index (χ0) is 16.2. The average Bonchev–Trinajstić information content (AvgIpc) is 3.06. The van der Waals surface area contributed by atoms with E-state index in [9.17, 15) is 9.18 Å². The summed E-state index contributed by atoms with van der Waals surface area (Å²) in [6.07, 6.45) is 1.73. The second-order valence-electron chi connectivity index (χ2n) is 5.85. The van der Waals surface area contributed by atoms with E-state index in [1.807, 2.05) is 37.3 Å². The molecule has 1 fully saturated rings. The molecule has 1 aliphatic heterocycles. The van der Waals surface area contributed by atoms with Crippen molar-refractivity contribution in [3.63, 3.8) is 0 Å². The number of hydrogen-bond acceptors (Lipinski definition) is 2. The largest absolute Gasteiger partial charge is 0.355 e. The molecule has 2 aromatic rings. The molecule has 1 saturated heterocycles. The Morgan fingerprint density at radius 2 is 2.04 bits per heavy atom. The van der Waals surface area contributed by atoms with Crippen LogP contribution >= 0.6 is 0 Å². The standard InChI is InChI=1S/C19H21FN2O/c1-2-21-19(23)18-11-10-17(22-18)14-7-5-6-13(12-14)15-8-3-4-9-16(15)20/h3-9,12,17-18,22H,2,10-11H2,1H3,(H,21,23). The Bertz CT molecular complexity index is 701. The van der Waals surface area contributed by atoms with E-state index in [0.29, 0.717) is 12.1 Å². The van der Waals surface area contributed by atoms with Crippen LogP contribution in [0, 0.1) is 5.82 Å². The van der Waals surface area contributed by atoms with E-state index in [4.69, 9.17) is 0 Å². The summed E-state index contributed by atoms with van der Waals surface area (Å²) in [7, 11) is 0. The number of carbonyl (C=O) groups is 1. The summed E-state index contributed by atoms with van der Waals surface area (Å²) in [6.45, 7) is 2.56. The summed E-state index contributed by atoms with van der Waals surface area (Å²) in [5.74, 6) is -0.163. The zero-order valence-electron chi connectivity index (χ0n) is 13.2. The molecule has 0 bridgehead atoms. The Balaban J connectivity index is 1.79. The molecule has 4 heteroatoms. The van der Waals surface area contributed by atoms with Crippen LogP contribution in [0.3, 0.4) is 0 Å². The second-order valence-corrected chi connectivity index (χ2v) is 5.85. The predicted molar refractivity (Wildman–Crippen MR) is 89.4 cm³/mol. The molecule has 3 rings (SSSR count). The van der Waals surface area contributed by atoms with E-state index in [2.05, 4.69) is 10.6 Å². The third-order valence-electron chi connectivity index (χ3n) is 4.29. The van der Waals surface area contributed by atoms with Gasteiger partial charge in [0.15, 0.2) is 0 Å². The van der Waals surface area contributed by atoms with Gasteiger partial charge in [0.2, 0.25) is 5.91 Å². The molecule has 2 unspecified atom stereocenters. The summed E-state index contributed by atoms with van der Waals surface area (Å²) >= 11 is 0. The van der Waals surface area contributed by atoms with Gasteiger partial charge in [-0.1, -0.05) is 36.4 Å². The lowest BCUT2D eigenvalue weighted by molar-refractivity contribution is -0.122. The first-order chi connectivity index (χ1) is 11.2. The number of likely N-dealkylation sites (N-methyl/N-ethyl adjacent to an activating group) is 1. The van der Waals surface area contributed by atoms with E-state index in [-0.39, 0.29) is 23.8 Å². The molecule has 0 spiro atoms. The monoisotopic (exact) mass is 312 g/mol. The van der Waals surface area contributed by atoms with Gasteiger partial charge >= 0.3 is 0 Å². The molecule has 1 aliphatic rings. The maximum atomic E-state index is 14.0. The molecule has 120 valence electrons. The van der Waals surface area contributed by atoms with Crippen molar-refractivity contribution in [2.45, 2.75) is 31.8 Å². The molecule has 0 aromatic heterocycles. The highest BCUT2D eigenvalue weighted by molar-refractivity contribution is 5.82. The van der Waals surface area contributed by atoms with Gasteiger partial charge in [0.05, 0.1) is 6.04 Å². The third-order valence-corrected chi connectivity index (χ3v) is 4.29. The molecule has 23 heavy (non-hydrogen) atoms. The quantitative estimate of drug-likeness (QED) is 0.908. The fourth-order valence-electron chi connectivity index (χ4n) is 3.13. The minimum absolute atomic E-state index is 0.0558. The summed E-state index contributed by atoms with van der Waals surface area (Å²) in [5.41, 5.74) is 2.56. The first-order valence-corrected chi connectivity index (χ1v) is 8.07. The Morgan fingerprint density at radius 3 is 2.83 bits per heavy atom.